The Labute approximate surface area is 501 Å². The summed E-state index contributed by atoms with van der Waals surface area (Å²) in [4.78, 5) is 79.7. The van der Waals surface area contributed by atoms with Crippen LogP contribution < -0.4 is 30.1 Å². The quantitative estimate of drug-likeness (QED) is 0.0372. The first-order valence-electron chi connectivity index (χ1n) is 27.8. The lowest BCUT2D eigenvalue weighted by atomic mass is 9.98. The van der Waals surface area contributed by atoms with Crippen LogP contribution in [0.4, 0.5) is 28.9 Å². The first kappa shape index (κ1) is 65.8. The minimum Gasteiger partial charge on any atom is -0.496 e. The zero-order valence-corrected chi connectivity index (χ0v) is 52.5. The van der Waals surface area contributed by atoms with E-state index in [1.54, 1.807) is 22.8 Å². The van der Waals surface area contributed by atoms with Gasteiger partial charge in [-0.25, -0.2) is 27.2 Å². The summed E-state index contributed by atoms with van der Waals surface area (Å²) >= 11 is 12.1. The highest BCUT2D eigenvalue weighted by atomic mass is 35.5. The number of aliphatic hydroxyl groups is 1. The van der Waals surface area contributed by atoms with Gasteiger partial charge in [-0.1, -0.05) is 71.7 Å². The number of esters is 2. The summed E-state index contributed by atoms with van der Waals surface area (Å²) in [5, 5.41) is 8.93. The van der Waals surface area contributed by atoms with Crippen molar-refractivity contribution < 1.29 is 65.2 Å². The molecule has 4 heterocycles. The Bertz CT molecular complexity index is 3730. The summed E-state index contributed by atoms with van der Waals surface area (Å²) in [6, 6.07) is 8.06. The second-order valence-electron chi connectivity index (χ2n) is 23.4. The van der Waals surface area contributed by atoms with Crippen LogP contribution in [0.5, 0.6) is 11.5 Å². The Morgan fingerprint density at radius 2 is 1.00 bits per heavy atom. The molecule has 2 fully saturated rings. The van der Waals surface area contributed by atoms with Gasteiger partial charge in [0.25, 0.3) is 0 Å². The van der Waals surface area contributed by atoms with E-state index in [2.05, 4.69) is 33.9 Å². The number of hydrogen-bond acceptors (Lipinski definition) is 12. The number of hydrogen-bond donors (Lipinski definition) is 1. The highest BCUT2D eigenvalue weighted by molar-refractivity contribution is 6.74. The fourth-order valence-electron chi connectivity index (χ4n) is 10.4. The van der Waals surface area contributed by atoms with Gasteiger partial charge in [-0.2, -0.15) is 0 Å². The van der Waals surface area contributed by atoms with E-state index < -0.39 is 70.5 Å². The maximum atomic E-state index is 15.4. The largest absolute Gasteiger partial charge is 0.496 e. The topological polar surface area (TPSA) is 185 Å². The van der Waals surface area contributed by atoms with Crippen molar-refractivity contribution in [3.05, 3.63) is 136 Å². The van der Waals surface area contributed by atoms with E-state index in [0.717, 1.165) is 7.11 Å². The number of carbonyl (C=O) groups is 4. The van der Waals surface area contributed by atoms with Crippen molar-refractivity contribution >= 4 is 88.5 Å². The van der Waals surface area contributed by atoms with E-state index in [1.165, 1.54) is 61.7 Å². The van der Waals surface area contributed by atoms with Gasteiger partial charge in [-0.3, -0.25) is 19.2 Å². The fourth-order valence-corrected chi connectivity index (χ4v) is 11.9. The molecule has 0 radical (unpaired) electrons. The number of carbonyl (C=O) groups excluding carboxylic acids is 4. The lowest BCUT2D eigenvalue weighted by Crippen LogP contribution is -2.42. The number of pyridine rings is 2. The summed E-state index contributed by atoms with van der Waals surface area (Å²) in [6.45, 7) is 19.3. The van der Waals surface area contributed by atoms with Crippen molar-refractivity contribution in [3.63, 3.8) is 0 Å². The van der Waals surface area contributed by atoms with Crippen LogP contribution in [0.25, 0.3) is 21.8 Å². The number of aromatic nitrogens is 2. The Morgan fingerprint density at radius 1 is 0.612 bits per heavy atom. The van der Waals surface area contributed by atoms with Crippen molar-refractivity contribution in [3.8, 4) is 11.5 Å². The van der Waals surface area contributed by atoms with Crippen molar-refractivity contribution in [1.29, 1.82) is 0 Å². The van der Waals surface area contributed by atoms with Gasteiger partial charge in [0, 0.05) is 74.1 Å². The molecule has 8 rings (SSSR count). The molecule has 0 aliphatic carbocycles. The Morgan fingerprint density at radius 3 is 1.32 bits per heavy atom. The SMILES string of the molecule is COC(=O)c1cn([C@H](CO)C(C)C)c2cc(OC)c(Cc3cc(N4CCCC4=O)c(F)c(Cl)c3F)cc2c1=O.COC(=O)c1cn([C@H](CO[Si](C)(C)C(C)(C)C)C(C)C)c2cc(OC)c(Cc3cc(N4CCCC4=O)c(F)c(Cl)c3F)cc2c1=O. The number of nitrogens with zero attached hydrogens (tertiary/aromatic N) is 4. The number of anilines is 2. The summed E-state index contributed by atoms with van der Waals surface area (Å²) in [5.74, 6) is -5.58. The van der Waals surface area contributed by atoms with Crippen LogP contribution in [0.2, 0.25) is 28.2 Å². The summed E-state index contributed by atoms with van der Waals surface area (Å²) in [6.07, 6.45) is 4.18. The van der Waals surface area contributed by atoms with E-state index in [-0.39, 0.29) is 118 Å². The lowest BCUT2D eigenvalue weighted by molar-refractivity contribution is -0.117. The van der Waals surface area contributed by atoms with Crippen LogP contribution in [-0.2, 0) is 36.3 Å². The first-order valence-corrected chi connectivity index (χ1v) is 31.5. The van der Waals surface area contributed by atoms with E-state index in [4.69, 9.17) is 46.6 Å². The molecule has 1 N–H and O–H groups in total. The second-order valence-corrected chi connectivity index (χ2v) is 29.0. The molecule has 85 heavy (non-hydrogen) atoms. The monoisotopic (exact) mass is 1240 g/mol. The summed E-state index contributed by atoms with van der Waals surface area (Å²) < 4.78 is 91.8. The maximum Gasteiger partial charge on any atom is 0.343 e. The van der Waals surface area contributed by atoms with Gasteiger partial charge in [0.1, 0.15) is 44.3 Å². The molecule has 0 bridgehead atoms. The molecular formula is C62H72Cl2F4N4O12Si. The minimum absolute atomic E-state index is 0.00591. The van der Waals surface area contributed by atoms with Gasteiger partial charge < -0.3 is 47.4 Å². The molecule has 2 aliphatic rings. The van der Waals surface area contributed by atoms with Gasteiger partial charge in [0.2, 0.25) is 22.7 Å². The number of rotatable bonds is 18. The predicted molar refractivity (Wildman–Crippen MR) is 322 cm³/mol. The summed E-state index contributed by atoms with van der Waals surface area (Å²) in [5.41, 5.74) is -0.105. The van der Waals surface area contributed by atoms with Crippen LogP contribution in [0.15, 0.2) is 58.4 Å². The third-order valence-electron chi connectivity index (χ3n) is 16.4. The highest BCUT2D eigenvalue weighted by Crippen LogP contribution is 2.41. The van der Waals surface area contributed by atoms with E-state index in [9.17, 15) is 38.3 Å². The van der Waals surface area contributed by atoms with Crippen LogP contribution in [0, 0.1) is 35.1 Å². The Balaban J connectivity index is 0.000000247. The van der Waals surface area contributed by atoms with E-state index >= 15 is 13.2 Å². The van der Waals surface area contributed by atoms with Crippen molar-refractivity contribution in [2.24, 2.45) is 11.8 Å². The first-order chi connectivity index (χ1) is 40.0. The van der Waals surface area contributed by atoms with Gasteiger partial charge in [0.05, 0.1) is 76.1 Å². The lowest BCUT2D eigenvalue weighted by Gasteiger charge is -2.38. The second kappa shape index (κ2) is 26.5. The van der Waals surface area contributed by atoms with Crippen LogP contribution in [0.3, 0.4) is 0 Å². The molecule has 4 aromatic carbocycles. The molecule has 16 nitrogen and oxygen atoms in total. The molecule has 0 saturated carbocycles. The maximum absolute atomic E-state index is 15.4. The van der Waals surface area contributed by atoms with Gasteiger partial charge >= 0.3 is 11.9 Å². The molecule has 0 spiro atoms. The molecule has 0 unspecified atom stereocenters. The zero-order valence-electron chi connectivity index (χ0n) is 50.0. The minimum atomic E-state index is -2.16. The molecule has 2 atom stereocenters. The van der Waals surface area contributed by atoms with Crippen molar-refractivity contribution in [1.82, 2.24) is 9.13 Å². The molecular weight excluding hydrogens is 1170 g/mol. The number of amides is 2. The summed E-state index contributed by atoms with van der Waals surface area (Å²) in [7, 11) is 3.07. The molecule has 2 aliphatic heterocycles. The average molecular weight is 1240 g/mol. The number of ether oxygens (including phenoxy) is 4. The Kier molecular flexibility index (Phi) is 20.5. The molecule has 2 aromatic heterocycles. The molecule has 2 saturated heterocycles. The molecule has 2 amide bonds. The van der Waals surface area contributed by atoms with Crippen LogP contribution in [-0.4, -0.2) is 101 Å². The van der Waals surface area contributed by atoms with Crippen molar-refractivity contribution in [2.45, 2.75) is 117 Å². The predicted octanol–water partition coefficient (Wildman–Crippen LogP) is 12.3. The average Bonchev–Trinajstić information content (AvgIpc) is 4.26. The van der Waals surface area contributed by atoms with Gasteiger partial charge in [-0.15, -0.1) is 0 Å². The molecule has 458 valence electrons. The Hall–Kier alpha value is -6.78. The molecule has 6 aromatic rings. The van der Waals surface area contributed by atoms with Crippen molar-refractivity contribution in [2.75, 3.05) is 64.5 Å². The van der Waals surface area contributed by atoms with E-state index in [1.807, 2.05) is 32.3 Å². The smallest absolute Gasteiger partial charge is 0.343 e. The number of fused-ring (bicyclic) bond motifs is 2. The van der Waals surface area contributed by atoms with Gasteiger partial charge in [0.15, 0.2) is 20.0 Å². The third-order valence-corrected chi connectivity index (χ3v) is 21.6. The number of aliphatic hydroxyl groups excluding tert-OH is 1. The number of benzene rings is 4. The van der Waals surface area contributed by atoms with E-state index in [0.29, 0.717) is 59.7 Å². The zero-order chi connectivity index (χ0) is 62.9. The normalized spacial score (nSPS) is 14.6. The van der Waals surface area contributed by atoms with Crippen LogP contribution >= 0.6 is 23.2 Å². The third kappa shape index (κ3) is 13.2. The number of methoxy groups -OCH3 is 4. The highest BCUT2D eigenvalue weighted by Gasteiger charge is 2.39. The van der Waals surface area contributed by atoms with Crippen LogP contribution in [0.1, 0.15) is 129 Å². The van der Waals surface area contributed by atoms with Gasteiger partial charge in [-0.05, 0) is 89.3 Å². The molecule has 23 heteroatoms. The standard InChI is InChI=1S/C34H43ClF2N2O6Si.C28H29ClF2N2O6/c1-19(2)26(18-45-46(8,9)34(3,4)5)39-17-23(33(42)44-7)32(41)22-14-20(27(43-6)16-24(22)39)13-21-15-25(31(37)29(35)30(21)36)38-12-10-11-28(38)40;1-14(2)21(13-34)33-12-18(28(37)39-4)27(36)17-9-15(22(38-3)11-19(17)33)8-16-10-20(26(31)24(29)25(16)30)32-7-5-6-23(32)35/h14-17,19,26H,10-13,18H2,1-9H3;9-12,14,21,34H,5-8,13H2,1-4H3/t26-;21-/m11/s1. The fraction of sp³-hybridized carbons (Fsp3) is 0.452. The number of halogens is 6.